The fourth-order valence-corrected chi connectivity index (χ4v) is 1.82. The Morgan fingerprint density at radius 3 is 2.56 bits per heavy atom. The topological polar surface area (TPSA) is 51.1 Å². The van der Waals surface area contributed by atoms with Crippen molar-refractivity contribution in [3.8, 4) is 0 Å². The Balaban J connectivity index is 2.93. The third-order valence-electron chi connectivity index (χ3n) is 3.10. The number of amides is 1. The molecule has 0 saturated heterocycles. The van der Waals surface area contributed by atoms with Crippen LogP contribution in [0, 0.1) is 19.8 Å². The normalized spacial score (nSPS) is 10.8. The summed E-state index contributed by atoms with van der Waals surface area (Å²) in [5, 5.41) is 2.81. The fourth-order valence-electron chi connectivity index (χ4n) is 1.82. The summed E-state index contributed by atoms with van der Waals surface area (Å²) in [6.07, 6.45) is 0.914. The zero-order valence-corrected chi connectivity index (χ0v) is 11.8. The third kappa shape index (κ3) is 3.22. The maximum Gasteiger partial charge on any atom is 0.263 e. The average molecular weight is 250 g/mol. The predicted molar refractivity (Wildman–Crippen MR) is 72.9 cm³/mol. The van der Waals surface area contributed by atoms with E-state index in [-0.39, 0.29) is 17.0 Å². The van der Waals surface area contributed by atoms with Crippen molar-refractivity contribution in [3.63, 3.8) is 0 Å². The number of hydrogen-bond donors (Lipinski definition) is 1. The average Bonchev–Trinajstić information content (AvgIpc) is 2.25. The van der Waals surface area contributed by atoms with Gasteiger partial charge in [-0.15, -0.1) is 0 Å². The Bertz CT molecular complexity index is 501. The number of aryl methyl sites for hydroxylation is 2. The van der Waals surface area contributed by atoms with Gasteiger partial charge in [0.2, 0.25) is 0 Å². The number of hydrogen-bond acceptors (Lipinski definition) is 2. The minimum absolute atomic E-state index is 0.227. The van der Waals surface area contributed by atoms with Gasteiger partial charge >= 0.3 is 0 Å². The number of rotatable bonds is 4. The van der Waals surface area contributed by atoms with Gasteiger partial charge in [0, 0.05) is 19.3 Å². The standard InChI is InChI=1S/C14H22N2O2/c1-9(2)6-7-15-13(17)12-10(3)8-11(4)16(5)14(12)18/h8-9H,6-7H2,1-5H3,(H,15,17). The highest BCUT2D eigenvalue weighted by molar-refractivity contribution is 5.95. The van der Waals surface area contributed by atoms with Crippen molar-refractivity contribution >= 4 is 5.91 Å². The van der Waals surface area contributed by atoms with Gasteiger partial charge < -0.3 is 9.88 Å². The zero-order valence-electron chi connectivity index (χ0n) is 11.8. The van der Waals surface area contributed by atoms with E-state index in [1.54, 1.807) is 14.0 Å². The van der Waals surface area contributed by atoms with Crippen molar-refractivity contribution in [2.45, 2.75) is 34.1 Å². The van der Waals surface area contributed by atoms with Crippen LogP contribution in [0.5, 0.6) is 0 Å². The molecule has 4 heteroatoms. The first kappa shape index (κ1) is 14.5. The molecule has 0 aliphatic carbocycles. The van der Waals surface area contributed by atoms with E-state index in [4.69, 9.17) is 0 Å². The van der Waals surface area contributed by atoms with E-state index >= 15 is 0 Å². The van der Waals surface area contributed by atoms with Crippen molar-refractivity contribution in [3.05, 3.63) is 33.2 Å². The van der Waals surface area contributed by atoms with E-state index in [1.165, 1.54) is 4.57 Å². The van der Waals surface area contributed by atoms with Crippen LogP contribution in [-0.4, -0.2) is 17.0 Å². The molecule has 0 unspecified atom stereocenters. The van der Waals surface area contributed by atoms with Crippen molar-refractivity contribution < 1.29 is 4.79 Å². The van der Waals surface area contributed by atoms with Crippen LogP contribution in [0.15, 0.2) is 10.9 Å². The molecule has 0 aliphatic rings. The third-order valence-corrected chi connectivity index (χ3v) is 3.10. The number of nitrogens with one attached hydrogen (secondary N) is 1. The lowest BCUT2D eigenvalue weighted by atomic mass is 10.1. The van der Waals surface area contributed by atoms with Crippen molar-refractivity contribution in [2.75, 3.05) is 6.54 Å². The molecule has 0 fully saturated rings. The summed E-state index contributed by atoms with van der Waals surface area (Å²) in [6, 6.07) is 1.86. The number of carbonyl (C=O) groups is 1. The van der Waals surface area contributed by atoms with Crippen LogP contribution < -0.4 is 10.9 Å². The Hall–Kier alpha value is -1.58. The summed E-state index contributed by atoms with van der Waals surface area (Å²) in [5.41, 5.74) is 1.62. The van der Waals surface area contributed by atoms with Gasteiger partial charge in [0.05, 0.1) is 0 Å². The molecule has 1 rings (SSSR count). The number of nitrogens with zero attached hydrogens (tertiary/aromatic N) is 1. The van der Waals surface area contributed by atoms with Crippen LogP contribution in [0.4, 0.5) is 0 Å². The summed E-state index contributed by atoms with van der Waals surface area (Å²) < 4.78 is 1.50. The van der Waals surface area contributed by atoms with Crippen LogP contribution >= 0.6 is 0 Å². The first-order valence-corrected chi connectivity index (χ1v) is 6.30. The molecule has 100 valence electrons. The number of aromatic nitrogens is 1. The van der Waals surface area contributed by atoms with Crippen LogP contribution in [0.3, 0.4) is 0 Å². The van der Waals surface area contributed by atoms with E-state index in [1.807, 2.05) is 13.0 Å². The highest BCUT2D eigenvalue weighted by Gasteiger charge is 2.15. The maximum absolute atomic E-state index is 12.1. The van der Waals surface area contributed by atoms with E-state index in [0.717, 1.165) is 17.7 Å². The highest BCUT2D eigenvalue weighted by Crippen LogP contribution is 2.05. The molecule has 1 N–H and O–H groups in total. The molecule has 4 nitrogen and oxygen atoms in total. The molecule has 1 amide bonds. The molecule has 0 bridgehead atoms. The lowest BCUT2D eigenvalue weighted by Gasteiger charge is -2.11. The fraction of sp³-hybridized carbons (Fsp3) is 0.571. The molecule has 18 heavy (non-hydrogen) atoms. The Morgan fingerprint density at radius 1 is 1.39 bits per heavy atom. The van der Waals surface area contributed by atoms with Crippen LogP contribution in [-0.2, 0) is 7.05 Å². The minimum Gasteiger partial charge on any atom is -0.352 e. The quantitative estimate of drug-likeness (QED) is 0.885. The van der Waals surface area contributed by atoms with Gasteiger partial charge in [-0.1, -0.05) is 13.8 Å². The largest absolute Gasteiger partial charge is 0.352 e. The first-order chi connectivity index (χ1) is 8.34. The lowest BCUT2D eigenvalue weighted by molar-refractivity contribution is 0.0949. The SMILES string of the molecule is Cc1cc(C)n(C)c(=O)c1C(=O)NCCC(C)C. The molecule has 0 spiro atoms. The van der Waals surface area contributed by atoms with Crippen LogP contribution in [0.1, 0.15) is 41.9 Å². The summed E-state index contributed by atoms with van der Waals surface area (Å²) in [4.78, 5) is 24.1. The van der Waals surface area contributed by atoms with Gasteiger partial charge in [-0.2, -0.15) is 0 Å². The minimum atomic E-state index is -0.270. The molecule has 0 saturated carbocycles. The second kappa shape index (κ2) is 5.85. The van der Waals surface area contributed by atoms with E-state index in [9.17, 15) is 9.59 Å². The second-order valence-electron chi connectivity index (χ2n) is 5.15. The zero-order chi connectivity index (χ0) is 13.9. The summed E-state index contributed by atoms with van der Waals surface area (Å²) in [6.45, 7) is 8.46. The highest BCUT2D eigenvalue weighted by atomic mass is 16.2. The molecule has 0 radical (unpaired) electrons. The predicted octanol–water partition coefficient (Wildman–Crippen LogP) is 1.78. The monoisotopic (exact) mass is 250 g/mol. The van der Waals surface area contributed by atoms with Gasteiger partial charge in [0.25, 0.3) is 11.5 Å². The molecule has 0 atom stereocenters. The molecule has 0 aliphatic heterocycles. The van der Waals surface area contributed by atoms with Crippen LogP contribution in [0.2, 0.25) is 0 Å². The Labute approximate surface area is 108 Å². The number of pyridine rings is 1. The van der Waals surface area contributed by atoms with Crippen LogP contribution in [0.25, 0.3) is 0 Å². The summed E-state index contributed by atoms with van der Waals surface area (Å²) in [5.74, 6) is 0.265. The van der Waals surface area contributed by atoms with Crippen molar-refractivity contribution in [1.82, 2.24) is 9.88 Å². The van der Waals surface area contributed by atoms with Crippen molar-refractivity contribution in [2.24, 2.45) is 13.0 Å². The molecule has 1 aromatic heterocycles. The molecule has 1 aromatic rings. The van der Waals surface area contributed by atoms with Crippen molar-refractivity contribution in [1.29, 1.82) is 0 Å². The molecular formula is C14H22N2O2. The molecule has 0 aromatic carbocycles. The summed E-state index contributed by atoms with van der Waals surface area (Å²) in [7, 11) is 1.68. The molecular weight excluding hydrogens is 228 g/mol. The first-order valence-electron chi connectivity index (χ1n) is 6.30. The van der Waals surface area contributed by atoms with E-state index in [0.29, 0.717) is 12.5 Å². The Kier molecular flexibility index (Phi) is 4.70. The van der Waals surface area contributed by atoms with Gasteiger partial charge in [0.15, 0.2) is 0 Å². The van der Waals surface area contributed by atoms with E-state index in [2.05, 4.69) is 19.2 Å². The van der Waals surface area contributed by atoms with E-state index < -0.39 is 0 Å². The smallest absolute Gasteiger partial charge is 0.263 e. The van der Waals surface area contributed by atoms with Gasteiger partial charge in [-0.05, 0) is 37.8 Å². The van der Waals surface area contributed by atoms with Gasteiger partial charge in [-0.25, -0.2) is 0 Å². The van der Waals surface area contributed by atoms with Gasteiger partial charge in [-0.3, -0.25) is 9.59 Å². The Morgan fingerprint density at radius 2 is 2.00 bits per heavy atom. The van der Waals surface area contributed by atoms with Gasteiger partial charge in [0.1, 0.15) is 5.56 Å². The number of carbonyl (C=O) groups excluding carboxylic acids is 1. The lowest BCUT2D eigenvalue weighted by Crippen LogP contribution is -2.34. The second-order valence-corrected chi connectivity index (χ2v) is 5.15. The summed E-state index contributed by atoms with van der Waals surface area (Å²) >= 11 is 0. The molecule has 1 heterocycles. The maximum atomic E-state index is 12.1.